The summed E-state index contributed by atoms with van der Waals surface area (Å²) in [5, 5.41) is 8.59. The lowest BCUT2D eigenvalue weighted by molar-refractivity contribution is -0.141. The number of likely N-dealkylation sites (tertiary alicyclic amines) is 1. The fraction of sp³-hybridized carbons (Fsp3) is 0.812. The van der Waals surface area contributed by atoms with E-state index in [0.717, 1.165) is 77.1 Å². The van der Waals surface area contributed by atoms with E-state index in [0.29, 0.717) is 12.6 Å². The molecule has 3 aliphatic heterocycles. The van der Waals surface area contributed by atoms with Crippen molar-refractivity contribution < 1.29 is 9.53 Å². The minimum atomic E-state index is 0.251. The molecular weight excluding hydrogens is 308 g/mol. The third kappa shape index (κ3) is 3.05. The van der Waals surface area contributed by atoms with Crippen molar-refractivity contribution >= 4 is 5.91 Å². The zero-order valence-electron chi connectivity index (χ0n) is 14.4. The fourth-order valence-corrected chi connectivity index (χ4v) is 3.75. The van der Waals surface area contributed by atoms with E-state index in [1.54, 1.807) is 0 Å². The molecule has 4 rings (SSSR count). The molecule has 1 aromatic heterocycles. The van der Waals surface area contributed by atoms with Crippen molar-refractivity contribution in [2.24, 2.45) is 0 Å². The summed E-state index contributed by atoms with van der Waals surface area (Å²) in [5.41, 5.74) is 0. The summed E-state index contributed by atoms with van der Waals surface area (Å²) in [7, 11) is 0. The largest absolute Gasteiger partial charge is 0.379 e. The Labute approximate surface area is 142 Å². The fourth-order valence-electron chi connectivity index (χ4n) is 3.75. The van der Waals surface area contributed by atoms with Crippen molar-refractivity contribution in [2.75, 3.05) is 52.5 Å². The Morgan fingerprint density at radius 3 is 2.71 bits per heavy atom. The lowest BCUT2D eigenvalue weighted by Crippen LogP contribution is -2.63. The maximum atomic E-state index is 12.4. The number of aromatic nitrogens is 3. The van der Waals surface area contributed by atoms with Crippen LogP contribution in [-0.2, 0) is 29.0 Å². The molecule has 3 aliphatic rings. The van der Waals surface area contributed by atoms with E-state index in [-0.39, 0.29) is 5.91 Å². The highest BCUT2D eigenvalue weighted by Crippen LogP contribution is 2.21. The molecule has 0 atom stereocenters. The van der Waals surface area contributed by atoms with Gasteiger partial charge in [-0.3, -0.25) is 14.6 Å². The van der Waals surface area contributed by atoms with Crippen molar-refractivity contribution in [3.63, 3.8) is 0 Å². The van der Waals surface area contributed by atoms with Crippen molar-refractivity contribution in [1.29, 1.82) is 0 Å². The molecule has 8 heteroatoms. The van der Waals surface area contributed by atoms with Gasteiger partial charge in [0.1, 0.15) is 11.6 Å². The van der Waals surface area contributed by atoms with Crippen LogP contribution in [0.1, 0.15) is 18.6 Å². The third-order valence-corrected chi connectivity index (χ3v) is 5.37. The lowest BCUT2D eigenvalue weighted by atomic mass is 10.1. The number of carbonyl (C=O) groups is 1. The highest BCUT2D eigenvalue weighted by Gasteiger charge is 2.37. The van der Waals surface area contributed by atoms with Crippen molar-refractivity contribution in [3.8, 4) is 0 Å². The van der Waals surface area contributed by atoms with Crippen molar-refractivity contribution in [3.05, 3.63) is 11.6 Å². The average molecular weight is 334 g/mol. The summed E-state index contributed by atoms with van der Waals surface area (Å²) in [6.07, 6.45) is 0.931. The van der Waals surface area contributed by atoms with Crippen LogP contribution in [0.5, 0.6) is 0 Å². The van der Waals surface area contributed by atoms with Crippen LogP contribution in [0.2, 0.25) is 0 Å². The van der Waals surface area contributed by atoms with Gasteiger partial charge in [0, 0.05) is 51.7 Å². The zero-order chi connectivity index (χ0) is 16.5. The second-order valence-corrected chi connectivity index (χ2v) is 6.85. The predicted molar refractivity (Wildman–Crippen MR) is 87.4 cm³/mol. The van der Waals surface area contributed by atoms with Crippen molar-refractivity contribution in [1.82, 2.24) is 29.5 Å². The third-order valence-electron chi connectivity index (χ3n) is 5.37. The summed E-state index contributed by atoms with van der Waals surface area (Å²) < 4.78 is 7.58. The van der Waals surface area contributed by atoms with E-state index >= 15 is 0 Å². The molecular formula is C16H26N6O2. The van der Waals surface area contributed by atoms with Crippen LogP contribution in [-0.4, -0.2) is 93.9 Å². The van der Waals surface area contributed by atoms with Gasteiger partial charge in [-0.25, -0.2) is 0 Å². The van der Waals surface area contributed by atoms with Crippen LogP contribution in [0.3, 0.4) is 0 Å². The monoisotopic (exact) mass is 334 g/mol. The first kappa shape index (κ1) is 16.0. The number of morpholine rings is 1. The minimum absolute atomic E-state index is 0.251. The van der Waals surface area contributed by atoms with Gasteiger partial charge in [-0.05, 0) is 0 Å². The molecule has 1 amide bonds. The Kier molecular flexibility index (Phi) is 4.51. The van der Waals surface area contributed by atoms with Gasteiger partial charge in [0.05, 0.1) is 26.3 Å². The molecule has 4 heterocycles. The van der Waals surface area contributed by atoms with Gasteiger partial charge < -0.3 is 14.2 Å². The maximum absolute atomic E-state index is 12.4. The number of rotatable bonds is 4. The van der Waals surface area contributed by atoms with Crippen molar-refractivity contribution in [2.45, 2.75) is 32.5 Å². The smallest absolute Gasteiger partial charge is 0.236 e. The summed E-state index contributed by atoms with van der Waals surface area (Å²) in [5.74, 6) is 2.40. The van der Waals surface area contributed by atoms with Crippen LogP contribution >= 0.6 is 0 Å². The molecule has 0 bridgehead atoms. The van der Waals surface area contributed by atoms with Gasteiger partial charge in [0.2, 0.25) is 5.91 Å². The van der Waals surface area contributed by atoms with E-state index in [1.165, 1.54) is 0 Å². The number of amides is 1. The van der Waals surface area contributed by atoms with Crippen LogP contribution in [0.15, 0.2) is 0 Å². The summed E-state index contributed by atoms with van der Waals surface area (Å²) in [6.45, 7) is 10.4. The maximum Gasteiger partial charge on any atom is 0.236 e. The summed E-state index contributed by atoms with van der Waals surface area (Å²) >= 11 is 0. The first-order valence-corrected chi connectivity index (χ1v) is 8.97. The summed E-state index contributed by atoms with van der Waals surface area (Å²) in [6, 6.07) is 0.467. The molecule has 2 fully saturated rings. The lowest BCUT2D eigenvalue weighted by Gasteiger charge is -2.47. The number of hydrogen-bond acceptors (Lipinski definition) is 6. The van der Waals surface area contributed by atoms with E-state index in [4.69, 9.17) is 4.74 Å². The number of ether oxygens (including phenoxy) is 1. The number of fused-ring (bicyclic) bond motifs is 1. The first-order chi connectivity index (χ1) is 11.7. The Bertz CT molecular complexity index is 591. The van der Waals surface area contributed by atoms with E-state index in [9.17, 15) is 4.79 Å². The number of hydrogen-bond donors (Lipinski definition) is 0. The van der Waals surface area contributed by atoms with Gasteiger partial charge in [-0.2, -0.15) is 0 Å². The number of aryl methyl sites for hydroxylation is 1. The molecule has 8 nitrogen and oxygen atoms in total. The van der Waals surface area contributed by atoms with Crippen LogP contribution in [0, 0.1) is 0 Å². The molecule has 1 aromatic rings. The van der Waals surface area contributed by atoms with Crippen LogP contribution < -0.4 is 0 Å². The van der Waals surface area contributed by atoms with Gasteiger partial charge in [0.25, 0.3) is 0 Å². The van der Waals surface area contributed by atoms with E-state index in [1.807, 2.05) is 4.90 Å². The second-order valence-electron chi connectivity index (χ2n) is 6.85. The van der Waals surface area contributed by atoms with Crippen LogP contribution in [0.4, 0.5) is 0 Å². The molecule has 0 saturated carbocycles. The molecule has 0 radical (unpaired) electrons. The topological polar surface area (TPSA) is 66.7 Å². The van der Waals surface area contributed by atoms with Gasteiger partial charge in [0.15, 0.2) is 0 Å². The van der Waals surface area contributed by atoms with Crippen LogP contribution in [0.25, 0.3) is 0 Å². The molecule has 0 N–H and O–H groups in total. The van der Waals surface area contributed by atoms with E-state index < -0.39 is 0 Å². The standard InChI is InChI=1S/C16H26N6O2/c1-2-14-17-18-15-11-20(3-4-22(14)15)13-9-21(10-13)16(23)12-19-5-7-24-8-6-19/h13H,2-12H2,1H3. The predicted octanol–water partition coefficient (Wildman–Crippen LogP) is -0.801. The van der Waals surface area contributed by atoms with Gasteiger partial charge >= 0.3 is 0 Å². The quantitative estimate of drug-likeness (QED) is 0.718. The molecule has 24 heavy (non-hydrogen) atoms. The minimum Gasteiger partial charge on any atom is -0.379 e. The SMILES string of the molecule is CCc1nnc2n1CCN(C1CN(C(=O)CN3CCOCC3)C1)C2. The van der Waals surface area contributed by atoms with Gasteiger partial charge in [-0.1, -0.05) is 6.92 Å². The molecule has 2 saturated heterocycles. The number of nitrogens with zero attached hydrogens (tertiary/aromatic N) is 6. The molecule has 0 aliphatic carbocycles. The second kappa shape index (κ2) is 6.78. The average Bonchev–Trinajstić information content (AvgIpc) is 2.97. The molecule has 0 aromatic carbocycles. The number of carbonyl (C=O) groups excluding carboxylic acids is 1. The Hall–Kier alpha value is -1.51. The molecule has 0 spiro atoms. The van der Waals surface area contributed by atoms with E-state index in [2.05, 4.69) is 31.5 Å². The Morgan fingerprint density at radius 1 is 1.17 bits per heavy atom. The summed E-state index contributed by atoms with van der Waals surface area (Å²) in [4.78, 5) is 19.0. The molecule has 132 valence electrons. The first-order valence-electron chi connectivity index (χ1n) is 8.97. The highest BCUT2D eigenvalue weighted by atomic mass is 16.5. The van der Waals surface area contributed by atoms with Gasteiger partial charge in [-0.15, -0.1) is 10.2 Å². The molecule has 0 unspecified atom stereocenters. The Morgan fingerprint density at radius 2 is 1.96 bits per heavy atom. The normalized spacial score (nSPS) is 23.1. The highest BCUT2D eigenvalue weighted by molar-refractivity contribution is 5.79. The zero-order valence-corrected chi connectivity index (χ0v) is 14.4. The Balaban J connectivity index is 1.26.